The highest BCUT2D eigenvalue weighted by atomic mass is 16.5. The molecule has 0 aliphatic heterocycles. The number of rotatable bonds is 6. The van der Waals surface area contributed by atoms with Gasteiger partial charge in [0.15, 0.2) is 0 Å². The monoisotopic (exact) mass is 315 g/mol. The number of carboxylic acids is 1. The molecule has 0 amide bonds. The van der Waals surface area contributed by atoms with Gasteiger partial charge in [0.1, 0.15) is 18.0 Å². The molecular weight excluding hydrogens is 298 g/mol. The van der Waals surface area contributed by atoms with Crippen molar-refractivity contribution in [2.45, 2.75) is 13.5 Å². The zero-order valence-corrected chi connectivity index (χ0v) is 12.6. The van der Waals surface area contributed by atoms with Gasteiger partial charge in [-0.1, -0.05) is 18.2 Å². The number of carboxylic acid groups (broad SMARTS) is 1. The number of carbonyl (C=O) groups is 2. The smallest absolute Gasteiger partial charge is 0.323 e. The van der Waals surface area contributed by atoms with Gasteiger partial charge in [0.25, 0.3) is 0 Å². The van der Waals surface area contributed by atoms with Gasteiger partial charge in [-0.25, -0.2) is 0 Å². The van der Waals surface area contributed by atoms with Gasteiger partial charge in [-0.05, 0) is 30.3 Å². The van der Waals surface area contributed by atoms with Crippen LogP contribution >= 0.6 is 0 Å². The van der Waals surface area contributed by atoms with Crippen LogP contribution in [0.1, 0.15) is 12.5 Å². The lowest BCUT2D eigenvalue weighted by molar-refractivity contribution is -0.135. The van der Waals surface area contributed by atoms with Gasteiger partial charge in [0, 0.05) is 24.7 Å². The van der Waals surface area contributed by atoms with Crippen LogP contribution in [0, 0.1) is 0 Å². The molecule has 0 aliphatic carbocycles. The van der Waals surface area contributed by atoms with Gasteiger partial charge in [0.2, 0.25) is 0 Å². The van der Waals surface area contributed by atoms with E-state index in [1.165, 1.54) is 19.1 Å². The summed E-state index contributed by atoms with van der Waals surface area (Å²) in [5.41, 5.74) is 1.33. The van der Waals surface area contributed by atoms with Crippen molar-refractivity contribution in [3.8, 4) is 11.5 Å². The summed E-state index contributed by atoms with van der Waals surface area (Å²) in [5, 5.41) is 18.5. The SMILES string of the molecule is CC(=O)Oc1ccccc1CN(CC(=O)O)c1ccc(O)cc1. The first kappa shape index (κ1) is 16.4. The Hall–Kier alpha value is -3.02. The number of para-hydroxylation sites is 1. The number of benzene rings is 2. The maximum Gasteiger partial charge on any atom is 0.323 e. The predicted octanol–water partition coefficient (Wildman–Crippen LogP) is 2.41. The van der Waals surface area contributed by atoms with Crippen molar-refractivity contribution in [1.82, 2.24) is 0 Å². The van der Waals surface area contributed by atoms with Crippen molar-refractivity contribution in [3.63, 3.8) is 0 Å². The Balaban J connectivity index is 2.29. The second kappa shape index (κ2) is 7.31. The minimum atomic E-state index is -0.983. The van der Waals surface area contributed by atoms with Crippen LogP contribution in [-0.4, -0.2) is 28.7 Å². The van der Waals surface area contributed by atoms with Crippen LogP contribution < -0.4 is 9.64 Å². The first-order chi connectivity index (χ1) is 11.0. The fourth-order valence-electron chi connectivity index (χ4n) is 2.16. The summed E-state index contributed by atoms with van der Waals surface area (Å²) >= 11 is 0. The van der Waals surface area contributed by atoms with Crippen molar-refractivity contribution in [1.29, 1.82) is 0 Å². The normalized spacial score (nSPS) is 10.1. The molecule has 6 heteroatoms. The standard InChI is InChI=1S/C17H17NO5/c1-12(19)23-16-5-3-2-4-13(16)10-18(11-17(21)22)14-6-8-15(20)9-7-14/h2-9,20H,10-11H2,1H3,(H,21,22). The van der Waals surface area contributed by atoms with E-state index in [9.17, 15) is 14.7 Å². The maximum atomic E-state index is 11.2. The van der Waals surface area contributed by atoms with E-state index in [1.807, 2.05) is 0 Å². The van der Waals surface area contributed by atoms with E-state index in [0.29, 0.717) is 17.0 Å². The van der Waals surface area contributed by atoms with Gasteiger partial charge in [0.05, 0.1) is 0 Å². The number of carbonyl (C=O) groups excluding carboxylic acids is 1. The lowest BCUT2D eigenvalue weighted by Crippen LogP contribution is -2.29. The largest absolute Gasteiger partial charge is 0.508 e. The summed E-state index contributed by atoms with van der Waals surface area (Å²) in [6.45, 7) is 1.34. The highest BCUT2D eigenvalue weighted by Crippen LogP contribution is 2.24. The molecule has 0 atom stereocenters. The van der Waals surface area contributed by atoms with Crippen LogP contribution in [-0.2, 0) is 16.1 Å². The minimum absolute atomic E-state index is 0.101. The van der Waals surface area contributed by atoms with Crippen molar-refractivity contribution < 1.29 is 24.5 Å². The molecular formula is C17H17NO5. The Morgan fingerprint density at radius 2 is 1.74 bits per heavy atom. The van der Waals surface area contributed by atoms with E-state index in [1.54, 1.807) is 41.3 Å². The second-order valence-corrected chi connectivity index (χ2v) is 4.97. The zero-order chi connectivity index (χ0) is 16.8. The molecule has 0 saturated carbocycles. The van der Waals surface area contributed by atoms with Gasteiger partial charge in [-0.15, -0.1) is 0 Å². The Kier molecular flexibility index (Phi) is 5.19. The molecule has 0 aliphatic rings. The number of ether oxygens (including phenoxy) is 1. The van der Waals surface area contributed by atoms with Crippen LogP contribution in [0.15, 0.2) is 48.5 Å². The van der Waals surface area contributed by atoms with Gasteiger partial charge in [-0.3, -0.25) is 9.59 Å². The average molecular weight is 315 g/mol. The summed E-state index contributed by atoms with van der Waals surface area (Å²) in [5.74, 6) is -0.923. The number of esters is 1. The van der Waals surface area contributed by atoms with E-state index < -0.39 is 11.9 Å². The van der Waals surface area contributed by atoms with E-state index in [4.69, 9.17) is 9.84 Å². The van der Waals surface area contributed by atoms with E-state index >= 15 is 0 Å². The van der Waals surface area contributed by atoms with Gasteiger partial charge < -0.3 is 19.8 Å². The zero-order valence-electron chi connectivity index (χ0n) is 12.6. The van der Waals surface area contributed by atoms with Crippen LogP contribution in [0.25, 0.3) is 0 Å². The summed E-state index contributed by atoms with van der Waals surface area (Å²) in [6, 6.07) is 13.2. The third-order valence-corrected chi connectivity index (χ3v) is 3.13. The maximum absolute atomic E-state index is 11.2. The first-order valence-electron chi connectivity index (χ1n) is 6.98. The van der Waals surface area contributed by atoms with Crippen LogP contribution in [0.4, 0.5) is 5.69 Å². The molecule has 120 valence electrons. The van der Waals surface area contributed by atoms with Crippen molar-refractivity contribution in [2.24, 2.45) is 0 Å². The summed E-state index contributed by atoms with van der Waals surface area (Å²) in [7, 11) is 0. The van der Waals surface area contributed by atoms with Crippen molar-refractivity contribution in [2.75, 3.05) is 11.4 Å². The predicted molar refractivity (Wildman–Crippen MR) is 84.5 cm³/mol. The van der Waals surface area contributed by atoms with Gasteiger partial charge in [-0.2, -0.15) is 0 Å². The minimum Gasteiger partial charge on any atom is -0.508 e. The number of hydrogen-bond acceptors (Lipinski definition) is 5. The van der Waals surface area contributed by atoms with Crippen LogP contribution in [0.5, 0.6) is 11.5 Å². The highest BCUT2D eigenvalue weighted by Gasteiger charge is 2.14. The average Bonchev–Trinajstić information content (AvgIpc) is 2.48. The Bertz CT molecular complexity index is 696. The second-order valence-electron chi connectivity index (χ2n) is 4.97. The molecule has 2 aromatic rings. The van der Waals surface area contributed by atoms with E-state index in [-0.39, 0.29) is 18.8 Å². The Morgan fingerprint density at radius 3 is 2.35 bits per heavy atom. The first-order valence-corrected chi connectivity index (χ1v) is 6.98. The topological polar surface area (TPSA) is 87.1 Å². The van der Waals surface area contributed by atoms with Gasteiger partial charge >= 0.3 is 11.9 Å². The molecule has 0 fully saturated rings. The number of aromatic hydroxyl groups is 1. The van der Waals surface area contributed by atoms with Crippen molar-refractivity contribution in [3.05, 3.63) is 54.1 Å². The highest BCUT2D eigenvalue weighted by molar-refractivity contribution is 5.74. The molecule has 6 nitrogen and oxygen atoms in total. The molecule has 2 rings (SSSR count). The molecule has 0 saturated heterocycles. The third-order valence-electron chi connectivity index (χ3n) is 3.13. The molecule has 0 aromatic heterocycles. The third kappa shape index (κ3) is 4.74. The molecule has 2 N–H and O–H groups in total. The van der Waals surface area contributed by atoms with Crippen LogP contribution in [0.3, 0.4) is 0 Å². The van der Waals surface area contributed by atoms with Crippen LogP contribution in [0.2, 0.25) is 0 Å². The lowest BCUT2D eigenvalue weighted by Gasteiger charge is -2.24. The molecule has 0 heterocycles. The number of phenols is 1. The summed E-state index contributed by atoms with van der Waals surface area (Å²) in [4.78, 5) is 23.9. The number of aliphatic carboxylic acids is 1. The molecule has 23 heavy (non-hydrogen) atoms. The van der Waals surface area contributed by atoms with Crippen molar-refractivity contribution >= 4 is 17.6 Å². The molecule has 0 unspecified atom stereocenters. The molecule has 0 radical (unpaired) electrons. The fraction of sp³-hybridized carbons (Fsp3) is 0.176. The summed E-state index contributed by atoms with van der Waals surface area (Å²) in [6.07, 6.45) is 0. The molecule has 0 spiro atoms. The number of phenolic OH excluding ortho intramolecular Hbond substituents is 1. The number of anilines is 1. The molecule has 2 aromatic carbocycles. The fourth-order valence-corrected chi connectivity index (χ4v) is 2.16. The van der Waals surface area contributed by atoms with E-state index in [0.717, 1.165) is 0 Å². The quantitative estimate of drug-likeness (QED) is 0.629. The lowest BCUT2D eigenvalue weighted by atomic mass is 10.1. The number of hydrogen-bond donors (Lipinski definition) is 2. The molecule has 0 bridgehead atoms. The van der Waals surface area contributed by atoms with E-state index in [2.05, 4.69) is 0 Å². The summed E-state index contributed by atoms with van der Waals surface area (Å²) < 4.78 is 5.15. The Morgan fingerprint density at radius 1 is 1.09 bits per heavy atom. The Labute approximate surface area is 133 Å². The number of nitrogens with zero attached hydrogens (tertiary/aromatic N) is 1.